The molecule has 248 valence electrons. The normalized spacial score (nSPS) is 19.8. The van der Waals surface area contributed by atoms with Crippen molar-refractivity contribution in [1.29, 1.82) is 0 Å². The summed E-state index contributed by atoms with van der Waals surface area (Å²) in [5.74, 6) is -2.27. The molecule has 2 aliphatic heterocycles. The fraction of sp³-hybridized carbons (Fsp3) is 0.484. The number of aromatic nitrogens is 1. The molecule has 2 aromatic heterocycles. The van der Waals surface area contributed by atoms with E-state index in [-0.39, 0.29) is 42.0 Å². The number of unbranched alkanes of at least 4 members (excludes halogenated alkanes) is 2. The average molecular weight is 675 g/mol. The molecule has 2 saturated heterocycles. The van der Waals surface area contributed by atoms with Gasteiger partial charge in [-0.1, -0.05) is 38.0 Å². The lowest BCUT2D eigenvalue weighted by molar-refractivity contribution is -0.138. The number of pyridine rings is 1. The van der Waals surface area contributed by atoms with E-state index in [1.54, 1.807) is 30.3 Å². The zero-order valence-electron chi connectivity index (χ0n) is 25.6. The number of aliphatic hydroxyl groups is 1. The van der Waals surface area contributed by atoms with Gasteiger partial charge in [-0.05, 0) is 49.9 Å². The molecule has 1 aromatic carbocycles. The SMILES string of the molecule is CCCCCc1ccc(C(=O)N2CCN(S(=O)(=O)c3cccc4cccnc34)C(C(=O)N3CCCCC3S(=O)(=O)CO)C2)c(=O)o1. The zero-order valence-corrected chi connectivity index (χ0v) is 27.2. The number of amides is 2. The van der Waals surface area contributed by atoms with Crippen LogP contribution in [0, 0.1) is 0 Å². The molecule has 0 bridgehead atoms. The summed E-state index contributed by atoms with van der Waals surface area (Å²) in [6, 6.07) is 9.46. The second kappa shape index (κ2) is 14.0. The molecule has 4 heterocycles. The van der Waals surface area contributed by atoms with E-state index in [9.17, 15) is 36.3 Å². The van der Waals surface area contributed by atoms with Crippen molar-refractivity contribution in [1.82, 2.24) is 19.1 Å². The lowest BCUT2D eigenvalue weighted by atomic mass is 10.1. The number of likely N-dealkylation sites (tertiary alicyclic amines) is 1. The molecule has 1 N–H and O–H groups in total. The molecule has 0 spiro atoms. The van der Waals surface area contributed by atoms with Crippen LogP contribution in [0.25, 0.3) is 10.9 Å². The number of carbonyl (C=O) groups excluding carboxylic acids is 2. The quantitative estimate of drug-likeness (QED) is 0.314. The second-order valence-corrected chi connectivity index (χ2v) is 15.5. The topological polar surface area (TPSA) is 175 Å². The molecule has 0 radical (unpaired) electrons. The van der Waals surface area contributed by atoms with E-state index < -0.39 is 61.2 Å². The number of rotatable bonds is 10. The highest BCUT2D eigenvalue weighted by Gasteiger charge is 2.47. The Morgan fingerprint density at radius 2 is 1.78 bits per heavy atom. The van der Waals surface area contributed by atoms with Gasteiger partial charge in [0, 0.05) is 44.2 Å². The van der Waals surface area contributed by atoms with Gasteiger partial charge in [-0.25, -0.2) is 21.6 Å². The molecule has 2 aliphatic rings. The first-order valence-electron chi connectivity index (χ1n) is 15.4. The van der Waals surface area contributed by atoms with Crippen molar-refractivity contribution in [2.45, 2.75) is 68.2 Å². The first-order valence-corrected chi connectivity index (χ1v) is 18.6. The number of sulfonamides is 1. The molecular weight excluding hydrogens is 636 g/mol. The van der Waals surface area contributed by atoms with Gasteiger partial charge < -0.3 is 19.3 Å². The highest BCUT2D eigenvalue weighted by atomic mass is 32.2. The number of piperazine rings is 1. The molecule has 13 nitrogen and oxygen atoms in total. The fourth-order valence-corrected chi connectivity index (χ4v) is 9.15. The number of benzene rings is 1. The standard InChI is InChI=1S/C31H38N4O9S2/c1-2-3-4-11-23-14-15-24(31(39)44-23)29(37)33-18-19-35(46(42,43)26-12-7-9-22-10-8-16-32-28(22)26)25(20-33)30(38)34-17-6-5-13-27(34)45(40,41)21-36/h7-10,12,14-16,25,27,36H,2-6,11,13,17-21H2,1H3. The van der Waals surface area contributed by atoms with Crippen molar-refractivity contribution in [3.8, 4) is 0 Å². The Labute approximate surface area is 267 Å². The van der Waals surface area contributed by atoms with Crippen LogP contribution >= 0.6 is 0 Å². The van der Waals surface area contributed by atoms with Crippen molar-refractivity contribution in [3.63, 3.8) is 0 Å². The van der Waals surface area contributed by atoms with Gasteiger partial charge in [0.1, 0.15) is 33.6 Å². The van der Waals surface area contributed by atoms with E-state index in [1.165, 1.54) is 23.2 Å². The molecule has 15 heteroatoms. The second-order valence-electron chi connectivity index (χ2n) is 11.5. The minimum Gasteiger partial charge on any atom is -0.427 e. The molecule has 46 heavy (non-hydrogen) atoms. The Kier molecular flexibility index (Phi) is 10.2. The van der Waals surface area contributed by atoms with Gasteiger partial charge in [-0.2, -0.15) is 4.31 Å². The number of piperidine rings is 1. The van der Waals surface area contributed by atoms with Gasteiger partial charge in [-0.15, -0.1) is 0 Å². The van der Waals surface area contributed by atoms with E-state index in [2.05, 4.69) is 11.9 Å². The third-order valence-electron chi connectivity index (χ3n) is 8.55. The van der Waals surface area contributed by atoms with E-state index >= 15 is 0 Å². The smallest absolute Gasteiger partial charge is 0.348 e. The van der Waals surface area contributed by atoms with Crippen LogP contribution in [-0.4, -0.2) is 96.4 Å². The van der Waals surface area contributed by atoms with Crippen LogP contribution in [0.2, 0.25) is 0 Å². The Hall–Kier alpha value is -3.66. The zero-order chi connectivity index (χ0) is 33.1. The molecule has 0 saturated carbocycles. The summed E-state index contributed by atoms with van der Waals surface area (Å²) < 4.78 is 60.5. The number of aliphatic hydroxyl groups excluding tert-OH is 1. The van der Waals surface area contributed by atoms with Crippen molar-refractivity contribution in [3.05, 3.63) is 70.4 Å². The van der Waals surface area contributed by atoms with Gasteiger partial charge in [0.2, 0.25) is 15.9 Å². The van der Waals surface area contributed by atoms with Crippen LogP contribution in [0.5, 0.6) is 0 Å². The monoisotopic (exact) mass is 674 g/mol. The largest absolute Gasteiger partial charge is 0.427 e. The van der Waals surface area contributed by atoms with Crippen LogP contribution in [0.15, 0.2) is 62.8 Å². The summed E-state index contributed by atoms with van der Waals surface area (Å²) in [6.07, 6.45) is 5.82. The van der Waals surface area contributed by atoms with E-state index in [0.29, 0.717) is 30.4 Å². The summed E-state index contributed by atoms with van der Waals surface area (Å²) in [4.78, 5) is 47.2. The summed E-state index contributed by atoms with van der Waals surface area (Å²) in [5.41, 5.74) is -0.882. The highest BCUT2D eigenvalue weighted by Crippen LogP contribution is 2.30. The molecule has 5 rings (SSSR count). The Balaban J connectivity index is 1.51. The number of para-hydroxylation sites is 1. The number of hydrogen-bond acceptors (Lipinski definition) is 10. The first-order chi connectivity index (χ1) is 22.0. The van der Waals surface area contributed by atoms with E-state index in [0.717, 1.165) is 28.5 Å². The maximum Gasteiger partial charge on any atom is 0.348 e. The lowest BCUT2D eigenvalue weighted by Gasteiger charge is -2.43. The molecule has 2 atom stereocenters. The van der Waals surface area contributed by atoms with E-state index in [1.807, 2.05) is 0 Å². The number of hydrogen-bond donors (Lipinski definition) is 1. The van der Waals surface area contributed by atoms with Crippen molar-refractivity contribution in [2.75, 3.05) is 32.1 Å². The van der Waals surface area contributed by atoms with Crippen LogP contribution < -0.4 is 5.63 Å². The third kappa shape index (κ3) is 6.73. The fourth-order valence-electron chi connectivity index (χ4n) is 6.12. The third-order valence-corrected chi connectivity index (χ3v) is 12.2. The summed E-state index contributed by atoms with van der Waals surface area (Å²) in [7, 11) is -8.54. The van der Waals surface area contributed by atoms with E-state index in [4.69, 9.17) is 4.42 Å². The van der Waals surface area contributed by atoms with Gasteiger partial charge >= 0.3 is 5.63 Å². The lowest BCUT2D eigenvalue weighted by Crippen LogP contribution is -2.64. The van der Waals surface area contributed by atoms with Crippen LogP contribution in [-0.2, 0) is 31.1 Å². The number of aryl methyl sites for hydroxylation is 1. The predicted octanol–water partition coefficient (Wildman–Crippen LogP) is 2.14. The van der Waals surface area contributed by atoms with Crippen LogP contribution in [0.1, 0.15) is 61.6 Å². The molecule has 0 aliphatic carbocycles. The molecule has 2 amide bonds. The molecule has 3 aromatic rings. The summed E-state index contributed by atoms with van der Waals surface area (Å²) >= 11 is 0. The first kappa shape index (κ1) is 33.7. The minimum atomic E-state index is -4.41. The van der Waals surface area contributed by atoms with Crippen molar-refractivity contribution < 1.29 is 35.9 Å². The highest BCUT2D eigenvalue weighted by molar-refractivity contribution is 7.91. The van der Waals surface area contributed by atoms with Crippen molar-refractivity contribution >= 4 is 42.6 Å². The number of sulfone groups is 1. The summed E-state index contributed by atoms with van der Waals surface area (Å²) in [6.45, 7) is 1.20. The maximum absolute atomic E-state index is 14.3. The van der Waals surface area contributed by atoms with Gasteiger partial charge in [0.25, 0.3) is 5.91 Å². The molecule has 2 fully saturated rings. The van der Waals surface area contributed by atoms with Crippen LogP contribution in [0.4, 0.5) is 0 Å². The number of fused-ring (bicyclic) bond motifs is 1. The number of nitrogens with zero attached hydrogens (tertiary/aromatic N) is 4. The average Bonchev–Trinajstić information content (AvgIpc) is 3.07. The number of carbonyl (C=O) groups is 2. The van der Waals surface area contributed by atoms with Gasteiger partial charge in [-0.3, -0.25) is 14.6 Å². The van der Waals surface area contributed by atoms with Gasteiger partial charge in [0.15, 0.2) is 9.84 Å². The van der Waals surface area contributed by atoms with Crippen molar-refractivity contribution in [2.24, 2.45) is 0 Å². The minimum absolute atomic E-state index is 0.0277. The Bertz CT molecular complexity index is 1870. The van der Waals surface area contributed by atoms with Crippen LogP contribution in [0.3, 0.4) is 0 Å². The Morgan fingerprint density at radius 3 is 2.52 bits per heavy atom. The maximum atomic E-state index is 14.3. The predicted molar refractivity (Wildman–Crippen MR) is 169 cm³/mol. The molecular formula is C31H38N4O9S2. The summed E-state index contributed by atoms with van der Waals surface area (Å²) in [5, 5.41) is 8.82. The van der Waals surface area contributed by atoms with Gasteiger partial charge in [0.05, 0.1) is 5.52 Å². The Morgan fingerprint density at radius 1 is 1.00 bits per heavy atom. The molecule has 2 unspecified atom stereocenters.